The van der Waals surface area contributed by atoms with Gasteiger partial charge in [-0.15, -0.1) is 0 Å². The molecular formula is C20H28N4O4S. The minimum Gasteiger partial charge on any atom is -0.380 e. The maximum Gasteiger partial charge on any atom is 0.267 e. The first-order valence-electron chi connectivity index (χ1n) is 9.95. The van der Waals surface area contributed by atoms with E-state index in [1.54, 1.807) is 0 Å². The Morgan fingerprint density at radius 2 is 1.97 bits per heavy atom. The smallest absolute Gasteiger partial charge is 0.267 e. The second kappa shape index (κ2) is 8.94. The molecule has 0 spiro atoms. The molecule has 0 radical (unpaired) electrons. The highest BCUT2D eigenvalue weighted by Crippen LogP contribution is 2.22. The van der Waals surface area contributed by atoms with Gasteiger partial charge in [-0.1, -0.05) is 32.0 Å². The van der Waals surface area contributed by atoms with E-state index in [0.29, 0.717) is 13.0 Å². The van der Waals surface area contributed by atoms with Gasteiger partial charge in [0.15, 0.2) is 9.84 Å². The van der Waals surface area contributed by atoms with Gasteiger partial charge in [0.2, 0.25) is 5.91 Å². The molecule has 2 aliphatic heterocycles. The molecule has 0 saturated carbocycles. The summed E-state index contributed by atoms with van der Waals surface area (Å²) < 4.78 is 23.4. The highest BCUT2D eigenvalue weighted by molar-refractivity contribution is 7.91. The predicted octanol–water partition coefficient (Wildman–Crippen LogP) is 1.40. The molecule has 2 N–H and O–H groups in total. The van der Waals surface area contributed by atoms with Crippen LogP contribution >= 0.6 is 0 Å². The van der Waals surface area contributed by atoms with Gasteiger partial charge in [0.05, 0.1) is 17.5 Å². The van der Waals surface area contributed by atoms with Crippen molar-refractivity contribution >= 4 is 33.1 Å². The monoisotopic (exact) mass is 420 g/mol. The van der Waals surface area contributed by atoms with Crippen molar-refractivity contribution in [3.05, 3.63) is 30.3 Å². The van der Waals surface area contributed by atoms with Gasteiger partial charge in [-0.2, -0.15) is 5.10 Å². The number of hydrogen-bond donors (Lipinski definition) is 2. The topological polar surface area (TPSA) is 108 Å². The molecule has 0 aliphatic carbocycles. The standard InChI is InChI=1S/C20H28N4O4S/c1-14(2)18(22-15-6-4-3-5-7-15)12-21-20(26)17-8-9-19(25)24(23-17)16-10-11-29(27,28)13-16/h3-7,14,16,18,22H,8-13H2,1-2H3,(H,21,26). The number of nitrogens with zero attached hydrogens (tertiary/aromatic N) is 2. The molecule has 9 heteroatoms. The molecule has 1 saturated heterocycles. The number of benzene rings is 1. The van der Waals surface area contributed by atoms with E-state index in [1.807, 2.05) is 30.3 Å². The highest BCUT2D eigenvalue weighted by Gasteiger charge is 2.37. The van der Waals surface area contributed by atoms with E-state index < -0.39 is 15.9 Å². The van der Waals surface area contributed by atoms with Crippen LogP contribution in [0.3, 0.4) is 0 Å². The number of anilines is 1. The molecule has 1 aromatic rings. The third-order valence-electron chi connectivity index (χ3n) is 5.29. The van der Waals surface area contributed by atoms with Crippen LogP contribution in [0.1, 0.15) is 33.1 Å². The summed E-state index contributed by atoms with van der Waals surface area (Å²) in [4.78, 5) is 24.8. The number of carbonyl (C=O) groups excluding carboxylic acids is 2. The summed E-state index contributed by atoms with van der Waals surface area (Å²) in [5, 5.41) is 11.8. The summed E-state index contributed by atoms with van der Waals surface area (Å²) in [6, 6.07) is 9.35. The van der Waals surface area contributed by atoms with Crippen molar-refractivity contribution in [2.24, 2.45) is 11.0 Å². The molecule has 3 rings (SSSR count). The lowest BCUT2D eigenvalue weighted by atomic mass is 10.0. The van der Waals surface area contributed by atoms with Crippen molar-refractivity contribution in [3.63, 3.8) is 0 Å². The van der Waals surface area contributed by atoms with Crippen LogP contribution in [0.4, 0.5) is 5.69 Å². The third kappa shape index (κ3) is 5.56. The Bertz CT molecular complexity index is 883. The van der Waals surface area contributed by atoms with Crippen LogP contribution in [0.25, 0.3) is 0 Å². The maximum absolute atomic E-state index is 12.6. The van der Waals surface area contributed by atoms with Crippen molar-refractivity contribution in [1.29, 1.82) is 0 Å². The van der Waals surface area contributed by atoms with Crippen LogP contribution in [0.2, 0.25) is 0 Å². The van der Waals surface area contributed by atoms with Gasteiger partial charge in [0.1, 0.15) is 5.71 Å². The summed E-state index contributed by atoms with van der Waals surface area (Å²) in [6.45, 7) is 4.56. The molecule has 158 valence electrons. The first-order chi connectivity index (χ1) is 13.7. The highest BCUT2D eigenvalue weighted by atomic mass is 32.2. The summed E-state index contributed by atoms with van der Waals surface area (Å²) >= 11 is 0. The number of hydrazone groups is 1. The molecular weight excluding hydrogens is 392 g/mol. The molecule has 29 heavy (non-hydrogen) atoms. The number of hydrogen-bond acceptors (Lipinski definition) is 6. The fourth-order valence-electron chi connectivity index (χ4n) is 3.49. The lowest BCUT2D eigenvalue weighted by molar-refractivity contribution is -0.133. The SMILES string of the molecule is CC(C)C(CNC(=O)C1=NN(C2CCS(=O)(=O)C2)C(=O)CC1)Nc1ccccc1. The van der Waals surface area contributed by atoms with Crippen molar-refractivity contribution in [1.82, 2.24) is 10.3 Å². The largest absolute Gasteiger partial charge is 0.380 e. The number of rotatable bonds is 7. The van der Waals surface area contributed by atoms with Crippen LogP contribution in [-0.4, -0.2) is 61.1 Å². The Morgan fingerprint density at radius 1 is 1.24 bits per heavy atom. The van der Waals surface area contributed by atoms with Crippen molar-refractivity contribution < 1.29 is 18.0 Å². The predicted molar refractivity (Wildman–Crippen MR) is 112 cm³/mol. The molecule has 2 atom stereocenters. The van der Waals surface area contributed by atoms with E-state index in [9.17, 15) is 18.0 Å². The van der Waals surface area contributed by atoms with Crippen molar-refractivity contribution in [2.75, 3.05) is 23.4 Å². The average molecular weight is 421 g/mol. The van der Waals surface area contributed by atoms with Gasteiger partial charge in [-0.3, -0.25) is 9.59 Å². The van der Waals surface area contributed by atoms with Crippen LogP contribution in [0, 0.1) is 5.92 Å². The third-order valence-corrected chi connectivity index (χ3v) is 7.04. The summed E-state index contributed by atoms with van der Waals surface area (Å²) in [7, 11) is -3.14. The lowest BCUT2D eigenvalue weighted by Crippen LogP contribution is -2.46. The Labute approximate surface area is 171 Å². The fraction of sp³-hybridized carbons (Fsp3) is 0.550. The van der Waals surface area contributed by atoms with E-state index in [2.05, 4.69) is 29.6 Å². The minimum atomic E-state index is -3.14. The molecule has 2 amide bonds. The van der Waals surface area contributed by atoms with Crippen LogP contribution in [0.15, 0.2) is 35.4 Å². The number of sulfone groups is 1. The van der Waals surface area contributed by atoms with E-state index >= 15 is 0 Å². The van der Waals surface area contributed by atoms with E-state index in [4.69, 9.17) is 0 Å². The van der Waals surface area contributed by atoms with E-state index in [1.165, 1.54) is 5.01 Å². The maximum atomic E-state index is 12.6. The fourth-order valence-corrected chi connectivity index (χ4v) is 5.19. The van der Waals surface area contributed by atoms with Gasteiger partial charge < -0.3 is 10.6 Å². The zero-order valence-electron chi connectivity index (χ0n) is 16.8. The second-order valence-electron chi connectivity index (χ2n) is 7.91. The van der Waals surface area contributed by atoms with Gasteiger partial charge in [0, 0.05) is 31.1 Å². The molecule has 2 unspecified atom stereocenters. The first kappa shape index (κ1) is 21.3. The number of carbonyl (C=O) groups is 2. The quantitative estimate of drug-likeness (QED) is 0.693. The molecule has 1 fully saturated rings. The van der Waals surface area contributed by atoms with Gasteiger partial charge in [0.25, 0.3) is 5.91 Å². The van der Waals surface area contributed by atoms with Crippen LogP contribution in [-0.2, 0) is 19.4 Å². The minimum absolute atomic E-state index is 0.0308. The molecule has 2 aliphatic rings. The molecule has 0 aromatic heterocycles. The van der Waals surface area contributed by atoms with Crippen LogP contribution < -0.4 is 10.6 Å². The zero-order chi connectivity index (χ0) is 21.0. The summed E-state index contributed by atoms with van der Waals surface area (Å²) in [6.07, 6.45) is 0.792. The Hall–Kier alpha value is -2.42. The molecule has 2 heterocycles. The second-order valence-corrected chi connectivity index (χ2v) is 10.1. The summed E-state index contributed by atoms with van der Waals surface area (Å²) in [5.74, 6) is -0.295. The molecule has 1 aromatic carbocycles. The molecule has 8 nitrogen and oxygen atoms in total. The van der Waals surface area contributed by atoms with Gasteiger partial charge in [-0.25, -0.2) is 13.4 Å². The average Bonchev–Trinajstić information content (AvgIpc) is 3.05. The lowest BCUT2D eigenvalue weighted by Gasteiger charge is -2.28. The van der Waals surface area contributed by atoms with E-state index in [0.717, 1.165) is 5.69 Å². The first-order valence-corrected chi connectivity index (χ1v) is 11.8. The summed E-state index contributed by atoms with van der Waals surface area (Å²) in [5.41, 5.74) is 1.26. The molecule has 0 bridgehead atoms. The van der Waals surface area contributed by atoms with E-state index in [-0.39, 0.29) is 53.8 Å². The number of para-hydroxylation sites is 1. The normalized spacial score (nSPS) is 22.3. The van der Waals surface area contributed by atoms with Gasteiger partial charge >= 0.3 is 0 Å². The van der Waals surface area contributed by atoms with Crippen molar-refractivity contribution in [2.45, 2.75) is 45.2 Å². The van der Waals surface area contributed by atoms with Crippen LogP contribution in [0.5, 0.6) is 0 Å². The number of amides is 2. The van der Waals surface area contributed by atoms with Crippen molar-refractivity contribution in [3.8, 4) is 0 Å². The number of nitrogens with one attached hydrogen (secondary N) is 2. The Kier molecular flexibility index (Phi) is 6.56. The Morgan fingerprint density at radius 3 is 2.59 bits per heavy atom. The van der Waals surface area contributed by atoms with Gasteiger partial charge in [-0.05, 0) is 24.5 Å². The zero-order valence-corrected chi connectivity index (χ0v) is 17.6. The Balaban J connectivity index is 1.62.